The van der Waals surface area contributed by atoms with E-state index >= 15 is 0 Å². The van der Waals surface area contributed by atoms with Gasteiger partial charge in [-0.25, -0.2) is 4.39 Å². The van der Waals surface area contributed by atoms with Crippen molar-refractivity contribution in [2.24, 2.45) is 10.3 Å². The Morgan fingerprint density at radius 1 is 0.579 bits per heavy atom. The summed E-state index contributed by atoms with van der Waals surface area (Å²) < 4.78 is 245. The number of halogens is 18. The van der Waals surface area contributed by atoms with Crippen molar-refractivity contribution in [1.29, 1.82) is 0 Å². The van der Waals surface area contributed by atoms with E-state index in [0.717, 1.165) is 35.9 Å². The molecule has 3 rings (SSSR count). The fraction of sp³-hybridized carbons (Fsp3) is 0.400. The minimum atomic E-state index is -8.67. The van der Waals surface area contributed by atoms with Crippen LogP contribution in [0.4, 0.5) is 84.7 Å². The summed E-state index contributed by atoms with van der Waals surface area (Å²) in [5.74, 6) is -57.4. The largest absolute Gasteiger partial charge is 0.460 e. The van der Waals surface area contributed by atoms with E-state index in [4.69, 9.17) is 0 Å². The SMILES string of the molecule is CCCN(Cc1ccc(CCC(F)(F)C(F)(F)C(F)(F)C(F)(F)C(F)(F)C(F)(F)C(F)(F)C(F)(F)F)cc1)N=Nc1ccc(/C=C/c2ccc(C=O)cc2)cc1F. The Hall–Kier alpha value is -4.79. The van der Waals surface area contributed by atoms with Gasteiger partial charge in [-0.05, 0) is 47.2 Å². The number of benzene rings is 3. The van der Waals surface area contributed by atoms with Gasteiger partial charge in [0, 0.05) is 18.5 Å². The zero-order valence-corrected chi connectivity index (χ0v) is 28.7. The van der Waals surface area contributed by atoms with Crippen molar-refractivity contribution >= 4 is 24.1 Å². The van der Waals surface area contributed by atoms with Crippen LogP contribution in [0.25, 0.3) is 12.2 Å². The first kappa shape index (κ1) is 46.6. The molecule has 0 aromatic heterocycles. The molecule has 0 fully saturated rings. The Morgan fingerprint density at radius 3 is 1.53 bits per heavy atom. The van der Waals surface area contributed by atoms with Gasteiger partial charge in [0.15, 0.2) is 5.82 Å². The van der Waals surface area contributed by atoms with Crippen molar-refractivity contribution in [3.05, 3.63) is 100 Å². The summed E-state index contributed by atoms with van der Waals surface area (Å²) in [6.45, 7) is 1.82. The second-order valence-electron chi connectivity index (χ2n) is 12.4. The van der Waals surface area contributed by atoms with Crippen molar-refractivity contribution in [1.82, 2.24) is 5.01 Å². The van der Waals surface area contributed by atoms with E-state index in [1.54, 1.807) is 43.3 Å². The molecule has 0 unspecified atom stereocenters. The van der Waals surface area contributed by atoms with E-state index in [2.05, 4.69) is 10.3 Å². The third kappa shape index (κ3) is 9.18. The standard InChI is InChI=1S/C35H27F18N3O/c1-2-17-56(55-54-27-14-13-23(18-26(27)36)8-3-21-6-11-25(20-57)12-7-21)19-24-9-4-22(5-10-24)15-16-28(37,38)29(39,40)30(41,42)31(43,44)32(45,46)33(47,48)34(49,50)35(51,52)53/h3-14,18,20H,2,15-17,19H2,1H3/b8-3+,55-54?. The lowest BCUT2D eigenvalue weighted by Gasteiger charge is -2.42. The quantitative estimate of drug-likeness (QED) is 0.0421. The van der Waals surface area contributed by atoms with Crippen LogP contribution in [0.3, 0.4) is 0 Å². The van der Waals surface area contributed by atoms with Gasteiger partial charge in [-0.1, -0.05) is 78.9 Å². The molecule has 0 aliphatic rings. The maximum atomic E-state index is 14.8. The number of alkyl halides is 17. The lowest BCUT2D eigenvalue weighted by molar-refractivity contribution is -0.461. The molecule has 57 heavy (non-hydrogen) atoms. The molecule has 0 bridgehead atoms. The summed E-state index contributed by atoms with van der Waals surface area (Å²) in [5, 5.41) is 9.13. The average Bonchev–Trinajstić information content (AvgIpc) is 3.12. The summed E-state index contributed by atoms with van der Waals surface area (Å²) in [6.07, 6.45) is -7.41. The molecular formula is C35H27F18N3O. The van der Waals surface area contributed by atoms with Crippen molar-refractivity contribution in [2.45, 2.75) is 80.4 Å². The molecule has 0 heterocycles. The van der Waals surface area contributed by atoms with Crippen molar-refractivity contribution < 1.29 is 83.8 Å². The van der Waals surface area contributed by atoms with Crippen LogP contribution in [0.1, 0.15) is 52.4 Å². The highest BCUT2D eigenvalue weighted by Gasteiger charge is 2.95. The van der Waals surface area contributed by atoms with E-state index in [1.165, 1.54) is 17.1 Å². The molecule has 314 valence electrons. The predicted octanol–water partition coefficient (Wildman–Crippen LogP) is 12.7. The van der Waals surface area contributed by atoms with Crippen LogP contribution in [-0.2, 0) is 13.0 Å². The second-order valence-corrected chi connectivity index (χ2v) is 12.4. The molecule has 0 spiro atoms. The van der Waals surface area contributed by atoms with Gasteiger partial charge in [0.2, 0.25) is 0 Å². The summed E-state index contributed by atoms with van der Waals surface area (Å²) in [5.41, 5.74) is 1.35. The Labute approximate surface area is 310 Å². The molecule has 3 aromatic carbocycles. The second kappa shape index (κ2) is 16.6. The van der Waals surface area contributed by atoms with Crippen LogP contribution in [0.5, 0.6) is 0 Å². The highest BCUT2D eigenvalue weighted by atomic mass is 19.4. The van der Waals surface area contributed by atoms with Gasteiger partial charge >= 0.3 is 47.6 Å². The van der Waals surface area contributed by atoms with Crippen LogP contribution >= 0.6 is 0 Å². The highest BCUT2D eigenvalue weighted by Crippen LogP contribution is 2.64. The summed E-state index contributed by atoms with van der Waals surface area (Å²) in [7, 11) is 0. The first-order valence-electron chi connectivity index (χ1n) is 16.0. The van der Waals surface area contributed by atoms with Gasteiger partial charge in [-0.3, -0.25) is 9.80 Å². The molecule has 0 radical (unpaired) electrons. The van der Waals surface area contributed by atoms with Crippen LogP contribution in [0.2, 0.25) is 0 Å². The van der Waals surface area contributed by atoms with Gasteiger partial charge in [-0.2, -0.15) is 74.6 Å². The van der Waals surface area contributed by atoms with Gasteiger partial charge in [0.1, 0.15) is 12.0 Å². The van der Waals surface area contributed by atoms with E-state index in [1.807, 2.05) is 0 Å². The smallest absolute Gasteiger partial charge is 0.298 e. The number of nitrogens with zero attached hydrogens (tertiary/aromatic N) is 3. The third-order valence-electron chi connectivity index (χ3n) is 8.18. The lowest BCUT2D eigenvalue weighted by Crippen LogP contribution is -2.74. The van der Waals surface area contributed by atoms with Crippen LogP contribution in [0, 0.1) is 5.82 Å². The van der Waals surface area contributed by atoms with Gasteiger partial charge < -0.3 is 0 Å². The maximum absolute atomic E-state index is 14.8. The Morgan fingerprint density at radius 2 is 1.04 bits per heavy atom. The number of rotatable bonds is 18. The first-order chi connectivity index (χ1) is 26.0. The van der Waals surface area contributed by atoms with Gasteiger partial charge in [0.05, 0.1) is 6.54 Å². The van der Waals surface area contributed by atoms with Crippen molar-refractivity contribution in [2.75, 3.05) is 6.54 Å². The lowest BCUT2D eigenvalue weighted by atomic mass is 9.87. The minimum Gasteiger partial charge on any atom is -0.298 e. The average molecular weight is 848 g/mol. The van der Waals surface area contributed by atoms with Gasteiger partial charge in [-0.15, -0.1) is 5.11 Å². The monoisotopic (exact) mass is 847 g/mol. The summed E-state index contributed by atoms with van der Waals surface area (Å²) in [4.78, 5) is 10.8. The minimum absolute atomic E-state index is 0.106. The number of aryl methyl sites for hydroxylation is 1. The zero-order chi connectivity index (χ0) is 43.5. The predicted molar refractivity (Wildman–Crippen MR) is 168 cm³/mol. The van der Waals surface area contributed by atoms with Crippen molar-refractivity contribution in [3.8, 4) is 0 Å². The molecule has 0 aliphatic heterocycles. The molecule has 0 saturated carbocycles. The number of aldehydes is 1. The maximum Gasteiger partial charge on any atom is 0.460 e. The number of hydrogen-bond acceptors (Lipinski definition) is 3. The molecule has 4 nitrogen and oxygen atoms in total. The molecule has 0 atom stereocenters. The molecule has 0 amide bonds. The topological polar surface area (TPSA) is 45.0 Å². The van der Waals surface area contributed by atoms with E-state index in [-0.39, 0.29) is 18.8 Å². The number of hydrogen-bond donors (Lipinski definition) is 0. The van der Waals surface area contributed by atoms with E-state index in [0.29, 0.717) is 29.4 Å². The van der Waals surface area contributed by atoms with Crippen LogP contribution in [0.15, 0.2) is 77.1 Å². The van der Waals surface area contributed by atoms with E-state index < -0.39 is 71.9 Å². The zero-order valence-electron chi connectivity index (χ0n) is 28.7. The molecule has 3 aromatic rings. The Balaban J connectivity index is 1.72. The van der Waals surface area contributed by atoms with Crippen LogP contribution < -0.4 is 0 Å². The summed E-state index contributed by atoms with van der Waals surface area (Å²) in [6, 6.07) is 14.7. The highest BCUT2D eigenvalue weighted by molar-refractivity contribution is 5.76. The fourth-order valence-electron chi connectivity index (χ4n) is 4.79. The molecule has 0 saturated heterocycles. The third-order valence-corrected chi connectivity index (χ3v) is 8.18. The fourth-order valence-corrected chi connectivity index (χ4v) is 4.79. The number of carbonyl (C=O) groups is 1. The van der Waals surface area contributed by atoms with E-state index in [9.17, 15) is 83.8 Å². The first-order valence-corrected chi connectivity index (χ1v) is 16.0. The Kier molecular flexibility index (Phi) is 13.6. The van der Waals surface area contributed by atoms with Crippen LogP contribution in [-0.4, -0.2) is 65.5 Å². The van der Waals surface area contributed by atoms with Crippen molar-refractivity contribution in [3.63, 3.8) is 0 Å². The molecule has 22 heteroatoms. The normalized spacial score (nSPS) is 14.2. The number of carbonyl (C=O) groups excluding carboxylic acids is 1. The molecular weight excluding hydrogens is 820 g/mol. The Bertz CT molecular complexity index is 1890. The molecule has 0 aliphatic carbocycles. The molecule has 0 N–H and O–H groups in total. The van der Waals surface area contributed by atoms with Gasteiger partial charge in [0.25, 0.3) is 0 Å². The summed E-state index contributed by atoms with van der Waals surface area (Å²) >= 11 is 0.